The zero-order chi connectivity index (χ0) is 24.2. The van der Waals surface area contributed by atoms with Gasteiger partial charge < -0.3 is 15.4 Å². The number of ether oxygens (including phenoxy) is 1. The van der Waals surface area contributed by atoms with Gasteiger partial charge in [-0.25, -0.2) is 15.6 Å². The first kappa shape index (κ1) is 26.3. The molecule has 0 radical (unpaired) electrons. The van der Waals surface area contributed by atoms with Crippen molar-refractivity contribution in [1.82, 2.24) is 21.0 Å². The maximum Gasteiger partial charge on any atom is 0.408 e. The third-order valence-electron chi connectivity index (χ3n) is 4.90. The Morgan fingerprint density at radius 1 is 1.15 bits per heavy atom. The maximum atomic E-state index is 12.7. The topological polar surface area (TPSA) is 135 Å². The molecule has 2 rings (SSSR count). The Kier molecular flexibility index (Phi) is 10.8. The third kappa shape index (κ3) is 9.58. The first-order chi connectivity index (χ1) is 15.8. The average molecular weight is 476 g/mol. The van der Waals surface area contributed by atoms with E-state index in [1.54, 1.807) is 0 Å². The van der Waals surface area contributed by atoms with Crippen molar-refractivity contribution in [3.05, 3.63) is 52.0 Å². The molecule has 0 bridgehead atoms. The molecule has 2 atom stereocenters. The molecule has 0 aliphatic heterocycles. The van der Waals surface area contributed by atoms with Gasteiger partial charge in [-0.1, -0.05) is 51.1 Å². The van der Waals surface area contributed by atoms with Crippen LogP contribution < -0.4 is 21.9 Å². The number of amides is 3. The Morgan fingerprint density at radius 3 is 2.55 bits per heavy atom. The number of benzene rings is 1. The van der Waals surface area contributed by atoms with Gasteiger partial charge in [0, 0.05) is 11.9 Å². The van der Waals surface area contributed by atoms with E-state index in [0.29, 0.717) is 24.4 Å². The van der Waals surface area contributed by atoms with E-state index in [-0.39, 0.29) is 24.3 Å². The highest BCUT2D eigenvalue weighted by atomic mass is 32.1. The van der Waals surface area contributed by atoms with Gasteiger partial charge in [0.1, 0.15) is 12.6 Å². The number of hydrazine groups is 1. The van der Waals surface area contributed by atoms with Crippen molar-refractivity contribution >= 4 is 29.2 Å². The van der Waals surface area contributed by atoms with Crippen LogP contribution in [-0.4, -0.2) is 35.5 Å². The van der Waals surface area contributed by atoms with E-state index in [4.69, 9.17) is 10.6 Å². The Morgan fingerprint density at radius 2 is 1.88 bits per heavy atom. The fourth-order valence-corrected chi connectivity index (χ4v) is 3.93. The standard InChI is InChI=1S/C23H33N5O4S/c1-15(2)11-19(27-23(31)32-13-17-7-5-4-6-8-17)20(29)25-10-9-16(3)12-18-14-33-22(26-18)21(30)28-24/h4-8,14-16,19H,9-13,24H2,1-3H3,(H,25,29)(H,27,31)(H,28,30)/t16?,19-/m0/s1. The molecule has 2 aromatic rings. The summed E-state index contributed by atoms with van der Waals surface area (Å²) in [7, 11) is 0. The molecule has 33 heavy (non-hydrogen) atoms. The van der Waals surface area contributed by atoms with Gasteiger partial charge in [0.15, 0.2) is 5.01 Å². The van der Waals surface area contributed by atoms with Crippen LogP contribution in [0.15, 0.2) is 35.7 Å². The van der Waals surface area contributed by atoms with E-state index in [0.717, 1.165) is 17.7 Å². The largest absolute Gasteiger partial charge is 0.445 e. The monoisotopic (exact) mass is 475 g/mol. The fraction of sp³-hybridized carbons (Fsp3) is 0.478. The highest BCUT2D eigenvalue weighted by Crippen LogP contribution is 2.15. The summed E-state index contributed by atoms with van der Waals surface area (Å²) in [4.78, 5) is 40.7. The van der Waals surface area contributed by atoms with Crippen LogP contribution in [0.25, 0.3) is 0 Å². The lowest BCUT2D eigenvalue weighted by atomic mass is 10.0. The van der Waals surface area contributed by atoms with Crippen molar-refractivity contribution in [2.45, 2.75) is 52.7 Å². The maximum absolute atomic E-state index is 12.7. The molecule has 0 fully saturated rings. The average Bonchev–Trinajstić information content (AvgIpc) is 3.25. The number of hydrogen-bond donors (Lipinski definition) is 4. The van der Waals surface area contributed by atoms with Crippen LogP contribution >= 0.6 is 11.3 Å². The van der Waals surface area contributed by atoms with Crippen molar-refractivity contribution < 1.29 is 19.1 Å². The Balaban J connectivity index is 1.78. The summed E-state index contributed by atoms with van der Waals surface area (Å²) in [6.07, 6.45) is 1.30. The molecule has 0 saturated heterocycles. The Hall–Kier alpha value is -2.98. The van der Waals surface area contributed by atoms with Crippen molar-refractivity contribution in [2.75, 3.05) is 6.54 Å². The fourth-order valence-electron chi connectivity index (χ4n) is 3.20. The lowest BCUT2D eigenvalue weighted by molar-refractivity contribution is -0.123. The molecule has 1 unspecified atom stereocenters. The number of nitrogens with zero attached hydrogens (tertiary/aromatic N) is 1. The van der Waals surface area contributed by atoms with E-state index in [1.807, 2.05) is 49.6 Å². The molecule has 1 aromatic heterocycles. The van der Waals surface area contributed by atoms with E-state index in [2.05, 4.69) is 28.0 Å². The summed E-state index contributed by atoms with van der Waals surface area (Å²) in [5.74, 6) is 4.96. The highest BCUT2D eigenvalue weighted by Gasteiger charge is 2.22. The molecule has 3 amide bonds. The van der Waals surface area contributed by atoms with Crippen LogP contribution in [0.3, 0.4) is 0 Å². The number of carbonyl (C=O) groups is 3. The number of alkyl carbamates (subject to hydrolysis) is 1. The number of nitrogen functional groups attached to an aromatic ring is 1. The van der Waals surface area contributed by atoms with Crippen LogP contribution in [-0.2, 0) is 22.6 Å². The van der Waals surface area contributed by atoms with Crippen LogP contribution in [0.1, 0.15) is 54.7 Å². The number of nitrogens with one attached hydrogen (secondary N) is 3. The minimum atomic E-state index is -0.667. The van der Waals surface area contributed by atoms with Gasteiger partial charge in [0.2, 0.25) is 5.91 Å². The van der Waals surface area contributed by atoms with E-state index in [9.17, 15) is 14.4 Å². The van der Waals surface area contributed by atoms with E-state index >= 15 is 0 Å². The summed E-state index contributed by atoms with van der Waals surface area (Å²) >= 11 is 1.25. The molecule has 0 saturated carbocycles. The summed E-state index contributed by atoms with van der Waals surface area (Å²) in [6.45, 7) is 6.65. The zero-order valence-corrected chi connectivity index (χ0v) is 20.1. The second-order valence-electron chi connectivity index (χ2n) is 8.39. The lowest BCUT2D eigenvalue weighted by Crippen LogP contribution is -2.47. The minimum absolute atomic E-state index is 0.144. The van der Waals surface area contributed by atoms with Crippen molar-refractivity contribution in [3.8, 4) is 0 Å². The molecule has 9 nitrogen and oxygen atoms in total. The number of carbonyl (C=O) groups excluding carboxylic acids is 3. The quantitative estimate of drug-likeness (QED) is 0.212. The molecule has 180 valence electrons. The Bertz CT molecular complexity index is 903. The van der Waals surface area contributed by atoms with Gasteiger partial charge in [-0.2, -0.15) is 0 Å². The van der Waals surface area contributed by atoms with Crippen molar-refractivity contribution in [2.24, 2.45) is 17.7 Å². The molecule has 0 spiro atoms. The van der Waals surface area contributed by atoms with Crippen molar-refractivity contribution in [3.63, 3.8) is 0 Å². The third-order valence-corrected chi connectivity index (χ3v) is 5.79. The van der Waals surface area contributed by atoms with Gasteiger partial charge >= 0.3 is 6.09 Å². The number of aromatic nitrogens is 1. The second-order valence-corrected chi connectivity index (χ2v) is 9.25. The normalized spacial score (nSPS) is 12.6. The van der Waals surface area contributed by atoms with Gasteiger partial charge in [-0.05, 0) is 36.7 Å². The molecule has 10 heteroatoms. The van der Waals surface area contributed by atoms with Crippen LogP contribution in [0.2, 0.25) is 0 Å². The first-order valence-electron chi connectivity index (χ1n) is 11.0. The smallest absolute Gasteiger partial charge is 0.408 e. The molecule has 0 aliphatic carbocycles. The molecule has 0 aliphatic rings. The van der Waals surface area contributed by atoms with E-state index < -0.39 is 18.0 Å². The van der Waals surface area contributed by atoms with Crippen LogP contribution in [0, 0.1) is 11.8 Å². The summed E-state index contributed by atoms with van der Waals surface area (Å²) in [5, 5.41) is 7.76. The second kappa shape index (κ2) is 13.5. The molecule has 1 heterocycles. The number of hydrogen-bond acceptors (Lipinski definition) is 7. The predicted molar refractivity (Wildman–Crippen MR) is 127 cm³/mol. The first-order valence-corrected chi connectivity index (χ1v) is 11.9. The molecule has 5 N–H and O–H groups in total. The molecule has 1 aromatic carbocycles. The summed E-state index contributed by atoms with van der Waals surface area (Å²) < 4.78 is 5.25. The summed E-state index contributed by atoms with van der Waals surface area (Å²) in [6, 6.07) is 8.70. The number of thiazole rings is 1. The predicted octanol–water partition coefficient (Wildman–Crippen LogP) is 2.77. The number of nitrogens with two attached hydrogens (primary N) is 1. The SMILES string of the molecule is CC(C)C[C@H](NC(=O)OCc1ccccc1)C(=O)NCCC(C)Cc1csc(C(=O)NN)n1. The summed E-state index contributed by atoms with van der Waals surface area (Å²) in [5.41, 5.74) is 3.77. The highest BCUT2D eigenvalue weighted by molar-refractivity contribution is 7.11. The number of rotatable bonds is 12. The van der Waals surface area contributed by atoms with Crippen LogP contribution in [0.4, 0.5) is 4.79 Å². The van der Waals surface area contributed by atoms with E-state index in [1.165, 1.54) is 11.3 Å². The Labute approximate surface area is 198 Å². The van der Waals surface area contributed by atoms with Crippen molar-refractivity contribution in [1.29, 1.82) is 0 Å². The van der Waals surface area contributed by atoms with Gasteiger partial charge in [0.05, 0.1) is 5.69 Å². The zero-order valence-electron chi connectivity index (χ0n) is 19.3. The van der Waals surface area contributed by atoms with Gasteiger partial charge in [0.25, 0.3) is 5.91 Å². The lowest BCUT2D eigenvalue weighted by Gasteiger charge is -2.20. The minimum Gasteiger partial charge on any atom is -0.445 e. The van der Waals surface area contributed by atoms with Gasteiger partial charge in [-0.15, -0.1) is 11.3 Å². The molecular weight excluding hydrogens is 442 g/mol. The van der Waals surface area contributed by atoms with Gasteiger partial charge in [-0.3, -0.25) is 15.0 Å². The molecular formula is C23H33N5O4S. The van der Waals surface area contributed by atoms with Crippen LogP contribution in [0.5, 0.6) is 0 Å².